The van der Waals surface area contributed by atoms with Crippen LogP contribution in [0.2, 0.25) is 0 Å². The number of amides is 2. The minimum absolute atomic E-state index is 0.267. The van der Waals surface area contributed by atoms with Gasteiger partial charge in [0.15, 0.2) is 6.10 Å². The Morgan fingerprint density at radius 2 is 1.56 bits per heavy atom. The van der Waals surface area contributed by atoms with Gasteiger partial charge in [-0.15, -0.1) is 0 Å². The quantitative estimate of drug-likeness (QED) is 0.423. The van der Waals surface area contributed by atoms with Gasteiger partial charge in [-0.1, -0.05) is 48.0 Å². The molecule has 2 fully saturated rings. The molecule has 0 N–H and O–H groups in total. The first-order valence-corrected chi connectivity index (χ1v) is 11.2. The van der Waals surface area contributed by atoms with Crippen molar-refractivity contribution in [2.24, 2.45) is 5.92 Å². The van der Waals surface area contributed by atoms with Crippen LogP contribution in [0.15, 0.2) is 78.9 Å². The minimum Gasteiger partial charge on any atom is -0.462 e. The lowest BCUT2D eigenvalue weighted by atomic mass is 9.90. The van der Waals surface area contributed by atoms with E-state index in [1.165, 1.54) is 0 Å². The third-order valence-corrected chi connectivity index (χ3v) is 6.18. The summed E-state index contributed by atoms with van der Waals surface area (Å²) in [5, 5.41) is 1.68. The molecule has 172 valence electrons. The zero-order valence-corrected chi connectivity index (χ0v) is 18.9. The molecular formula is C27H24N2O5. The highest BCUT2D eigenvalue weighted by Crippen LogP contribution is 2.47. The van der Waals surface area contributed by atoms with Gasteiger partial charge in [-0.2, -0.15) is 0 Å². The van der Waals surface area contributed by atoms with Gasteiger partial charge in [0.2, 0.25) is 5.91 Å². The molecule has 0 saturated carbocycles. The van der Waals surface area contributed by atoms with E-state index in [4.69, 9.17) is 9.57 Å². The van der Waals surface area contributed by atoms with Crippen LogP contribution in [0.3, 0.4) is 0 Å². The summed E-state index contributed by atoms with van der Waals surface area (Å²) in [6, 6.07) is 23.2. The van der Waals surface area contributed by atoms with Gasteiger partial charge in [-0.25, -0.2) is 14.8 Å². The maximum absolute atomic E-state index is 13.7. The van der Waals surface area contributed by atoms with Crippen LogP contribution >= 0.6 is 0 Å². The Morgan fingerprint density at radius 3 is 2.21 bits per heavy atom. The lowest BCUT2D eigenvalue weighted by Crippen LogP contribution is -2.37. The van der Waals surface area contributed by atoms with Crippen molar-refractivity contribution in [3.05, 3.63) is 95.6 Å². The van der Waals surface area contributed by atoms with E-state index < -0.39 is 29.9 Å². The van der Waals surface area contributed by atoms with Crippen LogP contribution in [0, 0.1) is 12.8 Å². The van der Waals surface area contributed by atoms with Crippen molar-refractivity contribution < 1.29 is 24.0 Å². The standard InChI is InChI=1S/C27H24N2O5/c1-3-33-27(32)19-13-15-20(16-14-19)28-25(30)22-23(18-11-9-17(2)10-12-18)29(34-24(22)26(28)31)21-7-5-4-6-8-21/h4-16,22-24H,3H2,1-2H3/t22-,23+,24-/m1/s1. The second-order valence-corrected chi connectivity index (χ2v) is 8.35. The van der Waals surface area contributed by atoms with Crippen LogP contribution in [-0.2, 0) is 19.2 Å². The van der Waals surface area contributed by atoms with Crippen molar-refractivity contribution >= 4 is 29.2 Å². The molecule has 2 heterocycles. The van der Waals surface area contributed by atoms with Crippen LogP contribution in [0.1, 0.15) is 34.5 Å². The molecule has 0 aliphatic carbocycles. The molecule has 3 aromatic rings. The van der Waals surface area contributed by atoms with Gasteiger partial charge < -0.3 is 4.74 Å². The summed E-state index contributed by atoms with van der Waals surface area (Å²) >= 11 is 0. The van der Waals surface area contributed by atoms with Crippen LogP contribution < -0.4 is 9.96 Å². The number of anilines is 2. The summed E-state index contributed by atoms with van der Waals surface area (Å²) < 4.78 is 5.01. The summed E-state index contributed by atoms with van der Waals surface area (Å²) in [6.45, 7) is 4.00. The predicted octanol–water partition coefficient (Wildman–Crippen LogP) is 4.22. The minimum atomic E-state index is -0.941. The molecule has 0 radical (unpaired) electrons. The summed E-state index contributed by atoms with van der Waals surface area (Å²) in [5.74, 6) is -1.91. The van der Waals surface area contributed by atoms with Crippen molar-refractivity contribution in [3.63, 3.8) is 0 Å². The van der Waals surface area contributed by atoms with Crippen molar-refractivity contribution in [3.8, 4) is 0 Å². The Balaban J connectivity index is 1.50. The molecule has 2 aliphatic heterocycles. The number of hydrogen-bond acceptors (Lipinski definition) is 6. The Bertz CT molecular complexity index is 1220. The molecule has 0 bridgehead atoms. The lowest BCUT2D eigenvalue weighted by molar-refractivity contribution is -0.126. The number of benzene rings is 3. The SMILES string of the molecule is CCOC(=O)c1ccc(N2C(=O)[C@H]3[C@@H](ON(c4ccccc4)[C@H]3c3ccc(C)cc3)C2=O)cc1. The molecule has 7 heteroatoms. The second kappa shape index (κ2) is 8.76. The van der Waals surface area contributed by atoms with E-state index in [0.29, 0.717) is 11.3 Å². The maximum Gasteiger partial charge on any atom is 0.338 e. The first kappa shape index (κ1) is 21.9. The molecule has 2 saturated heterocycles. The molecule has 3 atom stereocenters. The monoisotopic (exact) mass is 456 g/mol. The number of hydroxylamine groups is 1. The number of fused-ring (bicyclic) bond motifs is 1. The molecule has 0 unspecified atom stereocenters. The molecule has 0 aromatic heterocycles. The molecule has 0 spiro atoms. The fourth-order valence-corrected chi connectivity index (χ4v) is 4.53. The number of carbonyl (C=O) groups excluding carboxylic acids is 3. The number of esters is 1. The number of nitrogens with zero attached hydrogens (tertiary/aromatic N) is 2. The fraction of sp³-hybridized carbons (Fsp3) is 0.222. The van der Waals surface area contributed by atoms with E-state index in [2.05, 4.69) is 0 Å². The van der Waals surface area contributed by atoms with Crippen LogP contribution in [0.5, 0.6) is 0 Å². The smallest absolute Gasteiger partial charge is 0.338 e. The van der Waals surface area contributed by atoms with Gasteiger partial charge in [0.1, 0.15) is 5.92 Å². The zero-order valence-electron chi connectivity index (χ0n) is 18.9. The highest BCUT2D eigenvalue weighted by atomic mass is 16.7. The molecule has 5 rings (SSSR count). The Hall–Kier alpha value is -3.97. The topological polar surface area (TPSA) is 76.2 Å². The fourth-order valence-electron chi connectivity index (χ4n) is 4.53. The van der Waals surface area contributed by atoms with Crippen LogP contribution in [0.25, 0.3) is 0 Å². The zero-order chi connectivity index (χ0) is 23.8. The van der Waals surface area contributed by atoms with Crippen LogP contribution in [-0.4, -0.2) is 30.5 Å². The number of imide groups is 1. The first-order chi connectivity index (χ1) is 16.5. The van der Waals surface area contributed by atoms with E-state index in [1.54, 1.807) is 36.3 Å². The van der Waals surface area contributed by atoms with Gasteiger partial charge in [-0.3, -0.25) is 14.4 Å². The van der Waals surface area contributed by atoms with E-state index in [-0.39, 0.29) is 12.5 Å². The lowest BCUT2D eigenvalue weighted by Gasteiger charge is -2.28. The Kier molecular flexibility index (Phi) is 5.63. The normalized spacial score (nSPS) is 21.6. The third-order valence-electron chi connectivity index (χ3n) is 6.18. The van der Waals surface area contributed by atoms with Crippen molar-refractivity contribution in [2.75, 3.05) is 16.6 Å². The van der Waals surface area contributed by atoms with E-state index in [9.17, 15) is 14.4 Å². The average molecular weight is 456 g/mol. The predicted molar refractivity (Wildman–Crippen MR) is 126 cm³/mol. The number of ether oxygens (including phenoxy) is 1. The Morgan fingerprint density at radius 1 is 0.882 bits per heavy atom. The van der Waals surface area contributed by atoms with Gasteiger partial charge in [0.05, 0.1) is 29.6 Å². The summed E-state index contributed by atoms with van der Waals surface area (Å²) in [5.41, 5.74) is 3.52. The number of rotatable bonds is 5. The van der Waals surface area contributed by atoms with E-state index in [0.717, 1.165) is 21.7 Å². The van der Waals surface area contributed by atoms with Crippen molar-refractivity contribution in [1.82, 2.24) is 0 Å². The van der Waals surface area contributed by atoms with Crippen LogP contribution in [0.4, 0.5) is 11.4 Å². The van der Waals surface area contributed by atoms with Gasteiger partial charge in [-0.05, 0) is 55.8 Å². The average Bonchev–Trinajstić information content (AvgIpc) is 3.36. The van der Waals surface area contributed by atoms with Gasteiger partial charge in [0.25, 0.3) is 5.91 Å². The molecule has 2 aliphatic rings. The number of aryl methyl sites for hydroxylation is 1. The summed E-state index contributed by atoms with van der Waals surface area (Å²) in [4.78, 5) is 46.3. The molecule has 7 nitrogen and oxygen atoms in total. The largest absolute Gasteiger partial charge is 0.462 e. The number of hydrogen-bond donors (Lipinski definition) is 0. The van der Waals surface area contributed by atoms with Gasteiger partial charge >= 0.3 is 5.97 Å². The van der Waals surface area contributed by atoms with E-state index >= 15 is 0 Å². The maximum atomic E-state index is 13.7. The highest BCUT2D eigenvalue weighted by molar-refractivity contribution is 6.24. The molecule has 2 amide bonds. The molecule has 34 heavy (non-hydrogen) atoms. The number of para-hydroxylation sites is 1. The van der Waals surface area contributed by atoms with Crippen molar-refractivity contribution in [2.45, 2.75) is 26.0 Å². The summed E-state index contributed by atoms with van der Waals surface area (Å²) in [6.07, 6.45) is -0.941. The van der Waals surface area contributed by atoms with Gasteiger partial charge in [0, 0.05) is 0 Å². The third kappa shape index (κ3) is 3.64. The second-order valence-electron chi connectivity index (χ2n) is 8.35. The number of carbonyl (C=O) groups is 3. The summed E-state index contributed by atoms with van der Waals surface area (Å²) in [7, 11) is 0. The molecule has 3 aromatic carbocycles. The highest BCUT2D eigenvalue weighted by Gasteiger charge is 2.60. The van der Waals surface area contributed by atoms with E-state index in [1.807, 2.05) is 61.5 Å². The molecular weight excluding hydrogens is 432 g/mol. The Labute approximate surface area is 197 Å². The first-order valence-electron chi connectivity index (χ1n) is 11.2. The van der Waals surface area contributed by atoms with Crippen molar-refractivity contribution in [1.29, 1.82) is 0 Å².